The maximum Gasteiger partial charge on any atom is 0.331 e. The molecule has 0 radical (unpaired) electrons. The van der Waals surface area contributed by atoms with Crippen LogP contribution in [0.15, 0.2) is 41.2 Å². The third-order valence-corrected chi connectivity index (χ3v) is 3.41. The van der Waals surface area contributed by atoms with Gasteiger partial charge in [0, 0.05) is 11.6 Å². The van der Waals surface area contributed by atoms with Gasteiger partial charge < -0.3 is 4.74 Å². The van der Waals surface area contributed by atoms with Crippen molar-refractivity contribution in [2.24, 2.45) is 0 Å². The lowest BCUT2D eigenvalue weighted by molar-refractivity contribution is -0.147. The van der Waals surface area contributed by atoms with Crippen LogP contribution in [0.2, 0.25) is 0 Å². The number of esters is 1. The molecule has 1 heterocycles. The van der Waals surface area contributed by atoms with E-state index in [1.54, 1.807) is 13.0 Å². The number of ether oxygens (including phenoxy) is 1. The second-order valence-corrected chi connectivity index (χ2v) is 5.04. The van der Waals surface area contributed by atoms with Crippen molar-refractivity contribution in [1.82, 2.24) is 9.78 Å². The van der Waals surface area contributed by atoms with E-state index in [2.05, 4.69) is 5.10 Å². The lowest BCUT2D eigenvalue weighted by Gasteiger charge is -2.16. The van der Waals surface area contributed by atoms with Crippen molar-refractivity contribution in [3.8, 4) is 11.3 Å². The molecule has 1 aromatic heterocycles. The zero-order chi connectivity index (χ0) is 16.1. The summed E-state index contributed by atoms with van der Waals surface area (Å²) >= 11 is 0. The second kappa shape index (κ2) is 7.02. The van der Waals surface area contributed by atoms with Gasteiger partial charge in [0.15, 0.2) is 6.04 Å². The molecule has 0 spiro atoms. The highest BCUT2D eigenvalue weighted by Crippen LogP contribution is 2.18. The largest absolute Gasteiger partial charge is 0.464 e. The van der Waals surface area contributed by atoms with E-state index >= 15 is 0 Å². The Hall–Kier alpha value is -2.43. The molecule has 2 aromatic rings. The Morgan fingerprint density at radius 1 is 1.18 bits per heavy atom. The molecular weight excluding hydrogens is 280 g/mol. The quantitative estimate of drug-likeness (QED) is 0.797. The van der Waals surface area contributed by atoms with E-state index in [0.29, 0.717) is 12.1 Å². The Morgan fingerprint density at radius 3 is 2.45 bits per heavy atom. The molecule has 116 valence electrons. The summed E-state index contributed by atoms with van der Waals surface area (Å²) in [6.45, 7) is 5.85. The number of nitrogens with zero attached hydrogens (tertiary/aromatic N) is 2. The Kier molecular flexibility index (Phi) is 5.09. The van der Waals surface area contributed by atoms with Crippen molar-refractivity contribution in [2.45, 2.75) is 33.2 Å². The standard InChI is InChI=1S/C17H20N2O3/c1-4-15(17(21)22-5-2)19-16(20)11-10-14(18-19)13-8-6-12(3)7-9-13/h6-11,15H,4-5H2,1-3H3/t15-/m1/s1. The lowest BCUT2D eigenvalue weighted by Crippen LogP contribution is -2.32. The first-order chi connectivity index (χ1) is 10.6. The van der Waals surface area contributed by atoms with Crippen LogP contribution in [0.4, 0.5) is 0 Å². The molecule has 1 atom stereocenters. The van der Waals surface area contributed by atoms with Gasteiger partial charge in [-0.25, -0.2) is 9.48 Å². The Balaban J connectivity index is 2.43. The average Bonchev–Trinajstić information content (AvgIpc) is 2.51. The Bertz CT molecular complexity index is 705. The van der Waals surface area contributed by atoms with Gasteiger partial charge in [0.25, 0.3) is 5.56 Å². The van der Waals surface area contributed by atoms with Crippen LogP contribution in [-0.2, 0) is 9.53 Å². The monoisotopic (exact) mass is 300 g/mol. The van der Waals surface area contributed by atoms with Gasteiger partial charge >= 0.3 is 5.97 Å². The van der Waals surface area contributed by atoms with Crippen LogP contribution in [0.3, 0.4) is 0 Å². The van der Waals surface area contributed by atoms with Crippen molar-refractivity contribution in [3.05, 3.63) is 52.3 Å². The molecule has 0 N–H and O–H groups in total. The van der Waals surface area contributed by atoms with Gasteiger partial charge in [-0.3, -0.25) is 4.79 Å². The molecule has 1 aromatic carbocycles. The van der Waals surface area contributed by atoms with E-state index < -0.39 is 12.0 Å². The summed E-state index contributed by atoms with van der Waals surface area (Å²) in [6, 6.07) is 10.3. The molecular formula is C17H20N2O3. The summed E-state index contributed by atoms with van der Waals surface area (Å²) in [7, 11) is 0. The van der Waals surface area contributed by atoms with Crippen LogP contribution in [0, 0.1) is 6.92 Å². The molecule has 5 heteroatoms. The number of hydrogen-bond donors (Lipinski definition) is 0. The minimum absolute atomic E-state index is 0.280. The average molecular weight is 300 g/mol. The van der Waals surface area contributed by atoms with E-state index in [0.717, 1.165) is 11.1 Å². The first kappa shape index (κ1) is 15.9. The summed E-state index contributed by atoms with van der Waals surface area (Å²) < 4.78 is 6.24. The number of benzene rings is 1. The zero-order valence-electron chi connectivity index (χ0n) is 13.1. The highest BCUT2D eigenvalue weighted by molar-refractivity contribution is 5.74. The van der Waals surface area contributed by atoms with Crippen molar-refractivity contribution < 1.29 is 9.53 Å². The number of carbonyl (C=O) groups excluding carboxylic acids is 1. The second-order valence-electron chi connectivity index (χ2n) is 5.04. The molecule has 0 bridgehead atoms. The highest BCUT2D eigenvalue weighted by atomic mass is 16.5. The highest BCUT2D eigenvalue weighted by Gasteiger charge is 2.22. The molecule has 0 fully saturated rings. The van der Waals surface area contributed by atoms with Gasteiger partial charge in [-0.15, -0.1) is 0 Å². The third kappa shape index (κ3) is 3.42. The minimum Gasteiger partial charge on any atom is -0.464 e. The van der Waals surface area contributed by atoms with Gasteiger partial charge in [-0.1, -0.05) is 36.8 Å². The van der Waals surface area contributed by atoms with E-state index in [1.165, 1.54) is 10.7 Å². The van der Waals surface area contributed by atoms with Gasteiger partial charge in [0.2, 0.25) is 0 Å². The fraction of sp³-hybridized carbons (Fsp3) is 0.353. The number of hydrogen-bond acceptors (Lipinski definition) is 4. The van der Waals surface area contributed by atoms with Crippen LogP contribution in [-0.4, -0.2) is 22.4 Å². The molecule has 0 aliphatic carbocycles. The molecule has 2 rings (SSSR count). The van der Waals surface area contributed by atoms with Crippen LogP contribution in [0.25, 0.3) is 11.3 Å². The van der Waals surface area contributed by atoms with Crippen molar-refractivity contribution in [1.29, 1.82) is 0 Å². The molecule has 0 unspecified atom stereocenters. The maximum absolute atomic E-state index is 12.1. The molecule has 0 aliphatic rings. The van der Waals surface area contributed by atoms with Crippen molar-refractivity contribution in [2.75, 3.05) is 6.61 Å². The van der Waals surface area contributed by atoms with Gasteiger partial charge in [0.1, 0.15) is 0 Å². The van der Waals surface area contributed by atoms with Crippen LogP contribution in [0.5, 0.6) is 0 Å². The van der Waals surface area contributed by atoms with Crippen LogP contribution >= 0.6 is 0 Å². The summed E-state index contributed by atoms with van der Waals surface area (Å²) in [5, 5.41) is 4.35. The van der Waals surface area contributed by atoms with Crippen LogP contribution < -0.4 is 5.56 Å². The zero-order valence-corrected chi connectivity index (χ0v) is 13.1. The van der Waals surface area contributed by atoms with E-state index in [4.69, 9.17) is 4.74 Å². The predicted molar refractivity (Wildman–Crippen MR) is 84.6 cm³/mol. The third-order valence-electron chi connectivity index (χ3n) is 3.41. The summed E-state index contributed by atoms with van der Waals surface area (Å²) in [6.07, 6.45) is 0.448. The smallest absolute Gasteiger partial charge is 0.331 e. The van der Waals surface area contributed by atoms with Crippen molar-refractivity contribution >= 4 is 5.97 Å². The number of rotatable bonds is 5. The number of carbonyl (C=O) groups is 1. The maximum atomic E-state index is 12.1. The first-order valence-corrected chi connectivity index (χ1v) is 7.40. The SMILES string of the molecule is CCOC(=O)[C@@H](CC)n1nc(-c2ccc(C)cc2)ccc1=O. The number of aromatic nitrogens is 2. The van der Waals surface area contributed by atoms with E-state index in [-0.39, 0.29) is 12.2 Å². The normalized spacial score (nSPS) is 12.0. The predicted octanol–water partition coefficient (Wildman–Crippen LogP) is 2.73. The molecule has 5 nitrogen and oxygen atoms in total. The molecule has 0 saturated carbocycles. The summed E-state index contributed by atoms with van der Waals surface area (Å²) in [4.78, 5) is 24.1. The number of aryl methyl sites for hydroxylation is 1. The fourth-order valence-electron chi connectivity index (χ4n) is 2.20. The topological polar surface area (TPSA) is 61.2 Å². The lowest BCUT2D eigenvalue weighted by atomic mass is 10.1. The van der Waals surface area contributed by atoms with E-state index in [9.17, 15) is 9.59 Å². The van der Waals surface area contributed by atoms with Crippen molar-refractivity contribution in [3.63, 3.8) is 0 Å². The van der Waals surface area contributed by atoms with Gasteiger partial charge in [-0.05, 0) is 26.3 Å². The molecule has 0 amide bonds. The molecule has 22 heavy (non-hydrogen) atoms. The van der Waals surface area contributed by atoms with Crippen LogP contribution in [0.1, 0.15) is 31.9 Å². The molecule has 0 saturated heterocycles. The summed E-state index contributed by atoms with van der Waals surface area (Å²) in [5.41, 5.74) is 2.39. The molecule has 0 aliphatic heterocycles. The van der Waals surface area contributed by atoms with E-state index in [1.807, 2.05) is 38.1 Å². The Morgan fingerprint density at radius 2 is 1.86 bits per heavy atom. The first-order valence-electron chi connectivity index (χ1n) is 7.40. The van der Waals surface area contributed by atoms with Gasteiger partial charge in [-0.2, -0.15) is 5.10 Å². The Labute approximate surface area is 129 Å². The fourth-order valence-corrected chi connectivity index (χ4v) is 2.20. The summed E-state index contributed by atoms with van der Waals surface area (Å²) in [5.74, 6) is -0.430. The van der Waals surface area contributed by atoms with Gasteiger partial charge in [0.05, 0.1) is 12.3 Å². The minimum atomic E-state index is -0.696.